The van der Waals surface area contributed by atoms with Crippen molar-refractivity contribution in [3.05, 3.63) is 46.7 Å². The molecular weight excluding hydrogens is 306 g/mol. The quantitative estimate of drug-likeness (QED) is 0.734. The fraction of sp³-hybridized carbons (Fsp3) is 0.471. The van der Waals surface area contributed by atoms with Crippen molar-refractivity contribution in [2.75, 3.05) is 13.1 Å². The summed E-state index contributed by atoms with van der Waals surface area (Å²) in [5.74, 6) is 1.90. The Morgan fingerprint density at radius 3 is 3.04 bits per heavy atom. The lowest BCUT2D eigenvalue weighted by Crippen LogP contribution is -2.39. The van der Waals surface area contributed by atoms with E-state index in [1.165, 1.54) is 6.33 Å². The average Bonchev–Trinajstić information content (AvgIpc) is 3.10. The van der Waals surface area contributed by atoms with Crippen LogP contribution in [-0.2, 0) is 13.6 Å². The van der Waals surface area contributed by atoms with Gasteiger partial charge in [-0.2, -0.15) is 0 Å². The Kier molecular flexibility index (Phi) is 3.72. The van der Waals surface area contributed by atoms with E-state index < -0.39 is 0 Å². The summed E-state index contributed by atoms with van der Waals surface area (Å²) >= 11 is 0. The van der Waals surface area contributed by atoms with Gasteiger partial charge < -0.3 is 4.42 Å². The first-order chi connectivity index (χ1) is 11.6. The van der Waals surface area contributed by atoms with E-state index in [-0.39, 0.29) is 11.7 Å². The molecular formula is C17H21N5O2. The number of hydrogen-bond donors (Lipinski definition) is 0. The summed E-state index contributed by atoms with van der Waals surface area (Å²) in [5.41, 5.74) is 1.48. The lowest BCUT2D eigenvalue weighted by atomic mass is 10.1. The van der Waals surface area contributed by atoms with Gasteiger partial charge >= 0.3 is 5.69 Å². The normalized spacial score (nSPS) is 19.2. The lowest BCUT2D eigenvalue weighted by Gasteiger charge is -2.32. The zero-order chi connectivity index (χ0) is 16.7. The third-order valence-electron chi connectivity index (χ3n) is 4.78. The Bertz CT molecular complexity index is 923. The van der Waals surface area contributed by atoms with Crippen LogP contribution in [0.4, 0.5) is 0 Å². The van der Waals surface area contributed by atoms with E-state index in [0.717, 1.165) is 55.2 Å². The van der Waals surface area contributed by atoms with Crippen molar-refractivity contribution in [1.82, 2.24) is 24.0 Å². The Morgan fingerprint density at radius 1 is 1.38 bits per heavy atom. The number of imidazole rings is 1. The second-order valence-electron chi connectivity index (χ2n) is 6.49. The van der Waals surface area contributed by atoms with Gasteiger partial charge in [-0.05, 0) is 38.4 Å². The number of aromatic nitrogens is 4. The van der Waals surface area contributed by atoms with Crippen LogP contribution < -0.4 is 5.69 Å². The molecule has 0 saturated carbocycles. The van der Waals surface area contributed by atoms with E-state index >= 15 is 0 Å². The van der Waals surface area contributed by atoms with Crippen LogP contribution in [0.5, 0.6) is 0 Å². The summed E-state index contributed by atoms with van der Waals surface area (Å²) in [7, 11) is 1.77. The van der Waals surface area contributed by atoms with Gasteiger partial charge in [0.2, 0.25) is 0 Å². The molecule has 1 aliphatic heterocycles. The molecule has 0 bridgehead atoms. The van der Waals surface area contributed by atoms with Crippen molar-refractivity contribution in [3.8, 4) is 0 Å². The molecule has 1 fully saturated rings. The number of piperidine rings is 1. The van der Waals surface area contributed by atoms with E-state index in [1.807, 2.05) is 23.6 Å². The van der Waals surface area contributed by atoms with Crippen LogP contribution in [0.15, 0.2) is 33.9 Å². The molecule has 1 atom stereocenters. The Morgan fingerprint density at radius 2 is 2.25 bits per heavy atom. The molecule has 126 valence electrons. The number of rotatable bonds is 3. The van der Waals surface area contributed by atoms with Gasteiger partial charge in [-0.1, -0.05) is 0 Å². The molecule has 1 unspecified atom stereocenters. The summed E-state index contributed by atoms with van der Waals surface area (Å²) in [6.07, 6.45) is 5.24. The van der Waals surface area contributed by atoms with E-state index in [1.54, 1.807) is 17.8 Å². The Balaban J connectivity index is 1.63. The number of aryl methyl sites for hydroxylation is 2. The van der Waals surface area contributed by atoms with E-state index in [4.69, 9.17) is 4.42 Å². The van der Waals surface area contributed by atoms with Gasteiger partial charge in [-0.15, -0.1) is 0 Å². The summed E-state index contributed by atoms with van der Waals surface area (Å²) < 4.78 is 9.15. The number of furan rings is 1. The van der Waals surface area contributed by atoms with Gasteiger partial charge in [0.1, 0.15) is 23.4 Å². The fourth-order valence-electron chi connectivity index (χ4n) is 3.60. The van der Waals surface area contributed by atoms with Crippen molar-refractivity contribution >= 4 is 11.2 Å². The highest BCUT2D eigenvalue weighted by molar-refractivity contribution is 5.70. The maximum Gasteiger partial charge on any atom is 0.330 e. The summed E-state index contributed by atoms with van der Waals surface area (Å²) in [5, 5.41) is 0. The van der Waals surface area contributed by atoms with E-state index in [0.29, 0.717) is 0 Å². The Labute approximate surface area is 139 Å². The highest BCUT2D eigenvalue weighted by atomic mass is 16.3. The van der Waals surface area contributed by atoms with Crippen molar-refractivity contribution in [2.24, 2.45) is 7.05 Å². The molecule has 3 aromatic rings. The molecule has 1 aliphatic rings. The summed E-state index contributed by atoms with van der Waals surface area (Å²) in [6, 6.07) is 4.14. The molecule has 1 saturated heterocycles. The zero-order valence-electron chi connectivity index (χ0n) is 14.0. The smallest absolute Gasteiger partial charge is 0.330 e. The maximum absolute atomic E-state index is 12.7. The van der Waals surface area contributed by atoms with Crippen LogP contribution in [0.2, 0.25) is 0 Å². The third kappa shape index (κ3) is 2.54. The van der Waals surface area contributed by atoms with Crippen LogP contribution in [0, 0.1) is 6.92 Å². The number of nitrogens with zero attached hydrogens (tertiary/aromatic N) is 5. The zero-order valence-corrected chi connectivity index (χ0v) is 14.0. The molecule has 0 spiro atoms. The minimum Gasteiger partial charge on any atom is -0.465 e. The Hall–Kier alpha value is -2.41. The van der Waals surface area contributed by atoms with Crippen molar-refractivity contribution in [1.29, 1.82) is 0 Å². The van der Waals surface area contributed by atoms with Gasteiger partial charge in [-0.25, -0.2) is 14.8 Å². The minimum atomic E-state index is -0.0220. The minimum absolute atomic E-state index is 0.0220. The summed E-state index contributed by atoms with van der Waals surface area (Å²) in [4.78, 5) is 23.4. The molecule has 0 N–H and O–H groups in total. The molecule has 3 aromatic heterocycles. The van der Waals surface area contributed by atoms with Gasteiger partial charge in [0.05, 0.1) is 18.8 Å². The highest BCUT2D eigenvalue weighted by Gasteiger charge is 2.26. The molecule has 0 radical (unpaired) electrons. The molecule has 7 heteroatoms. The first-order valence-electron chi connectivity index (χ1n) is 8.28. The molecule has 4 rings (SSSR count). The SMILES string of the molecule is Cc1ccc(CN2CCCC(n3c(=O)n(C)c4cncnc43)C2)o1. The largest absolute Gasteiger partial charge is 0.465 e. The molecule has 4 heterocycles. The second kappa shape index (κ2) is 5.90. The summed E-state index contributed by atoms with van der Waals surface area (Å²) in [6.45, 7) is 4.57. The van der Waals surface area contributed by atoms with Crippen LogP contribution in [0.25, 0.3) is 11.2 Å². The van der Waals surface area contributed by atoms with Crippen molar-refractivity contribution in [3.63, 3.8) is 0 Å². The van der Waals surface area contributed by atoms with Gasteiger partial charge in [-0.3, -0.25) is 14.0 Å². The van der Waals surface area contributed by atoms with Crippen LogP contribution in [-0.4, -0.2) is 37.1 Å². The molecule has 7 nitrogen and oxygen atoms in total. The number of fused-ring (bicyclic) bond motifs is 1. The van der Waals surface area contributed by atoms with Gasteiger partial charge in [0.25, 0.3) is 0 Å². The predicted octanol–water partition coefficient (Wildman–Crippen LogP) is 1.87. The number of likely N-dealkylation sites (tertiary alicyclic amines) is 1. The highest BCUT2D eigenvalue weighted by Crippen LogP contribution is 2.24. The van der Waals surface area contributed by atoms with Crippen molar-refractivity contribution in [2.45, 2.75) is 32.4 Å². The average molecular weight is 327 g/mol. The standard InChI is InChI=1S/C17H21N5O2/c1-12-5-6-14(24-12)10-21-7-3-4-13(9-21)22-16-15(8-18-11-19-16)20(2)17(22)23/h5-6,8,11,13H,3-4,7,9-10H2,1-2H3. The van der Waals surface area contributed by atoms with E-state index in [2.05, 4.69) is 14.9 Å². The van der Waals surface area contributed by atoms with Gasteiger partial charge in [0, 0.05) is 13.6 Å². The monoisotopic (exact) mass is 327 g/mol. The first-order valence-corrected chi connectivity index (χ1v) is 8.28. The maximum atomic E-state index is 12.7. The molecule has 0 amide bonds. The molecule has 24 heavy (non-hydrogen) atoms. The van der Waals surface area contributed by atoms with Crippen molar-refractivity contribution < 1.29 is 4.42 Å². The molecule has 0 aromatic carbocycles. The first kappa shape index (κ1) is 15.1. The van der Waals surface area contributed by atoms with Crippen LogP contribution in [0.3, 0.4) is 0 Å². The fourth-order valence-corrected chi connectivity index (χ4v) is 3.60. The third-order valence-corrected chi connectivity index (χ3v) is 4.78. The van der Waals surface area contributed by atoms with E-state index in [9.17, 15) is 4.79 Å². The lowest BCUT2D eigenvalue weighted by molar-refractivity contribution is 0.159. The number of hydrogen-bond acceptors (Lipinski definition) is 5. The van der Waals surface area contributed by atoms with Gasteiger partial charge in [0.15, 0.2) is 5.65 Å². The molecule has 0 aliphatic carbocycles. The predicted molar refractivity (Wildman–Crippen MR) is 89.8 cm³/mol. The van der Waals surface area contributed by atoms with Crippen LogP contribution in [0.1, 0.15) is 30.4 Å². The van der Waals surface area contributed by atoms with Crippen LogP contribution >= 0.6 is 0 Å². The topological polar surface area (TPSA) is 69.1 Å². The second-order valence-corrected chi connectivity index (χ2v) is 6.49.